The first-order valence-corrected chi connectivity index (χ1v) is 6.52. The van der Waals surface area contributed by atoms with E-state index in [0.29, 0.717) is 18.3 Å². The SMILES string of the molecule is NCC(Nc1nc[nH]c(=O)c1N)C1CCCCC1. The van der Waals surface area contributed by atoms with Crippen molar-refractivity contribution in [1.82, 2.24) is 9.97 Å². The molecule has 6 nitrogen and oxygen atoms in total. The molecule has 0 amide bonds. The number of hydrogen-bond donors (Lipinski definition) is 4. The zero-order valence-electron chi connectivity index (χ0n) is 10.5. The molecule has 18 heavy (non-hydrogen) atoms. The van der Waals surface area contributed by atoms with Crippen molar-refractivity contribution in [3.05, 3.63) is 16.7 Å². The van der Waals surface area contributed by atoms with Gasteiger partial charge in [-0.25, -0.2) is 4.98 Å². The molecule has 6 heteroatoms. The highest BCUT2D eigenvalue weighted by Gasteiger charge is 2.23. The second kappa shape index (κ2) is 5.86. The average Bonchev–Trinajstić information content (AvgIpc) is 2.41. The lowest BCUT2D eigenvalue weighted by molar-refractivity contribution is 0.320. The molecule has 1 aromatic rings. The molecule has 1 saturated carbocycles. The number of nitrogens with zero attached hydrogens (tertiary/aromatic N) is 1. The number of anilines is 2. The molecule has 1 aromatic heterocycles. The minimum Gasteiger partial charge on any atom is -0.391 e. The van der Waals surface area contributed by atoms with Crippen LogP contribution >= 0.6 is 0 Å². The van der Waals surface area contributed by atoms with Crippen LogP contribution in [0.1, 0.15) is 32.1 Å². The summed E-state index contributed by atoms with van der Waals surface area (Å²) in [6.45, 7) is 0.526. The number of nitrogen functional groups attached to an aromatic ring is 1. The van der Waals surface area contributed by atoms with E-state index in [4.69, 9.17) is 11.5 Å². The molecule has 2 rings (SSSR count). The Morgan fingerprint density at radius 1 is 1.44 bits per heavy atom. The maximum absolute atomic E-state index is 11.4. The lowest BCUT2D eigenvalue weighted by atomic mass is 9.84. The van der Waals surface area contributed by atoms with Crippen LogP contribution in [0.25, 0.3) is 0 Å². The van der Waals surface area contributed by atoms with Gasteiger partial charge in [-0.05, 0) is 18.8 Å². The maximum atomic E-state index is 11.4. The first-order valence-electron chi connectivity index (χ1n) is 6.52. The van der Waals surface area contributed by atoms with Gasteiger partial charge in [0.1, 0.15) is 5.69 Å². The van der Waals surface area contributed by atoms with Crippen molar-refractivity contribution < 1.29 is 0 Å². The molecule has 0 radical (unpaired) electrons. The summed E-state index contributed by atoms with van der Waals surface area (Å²) in [5, 5.41) is 3.23. The Morgan fingerprint density at radius 3 is 2.83 bits per heavy atom. The van der Waals surface area contributed by atoms with E-state index in [1.807, 2.05) is 0 Å². The van der Waals surface area contributed by atoms with Crippen molar-refractivity contribution >= 4 is 11.5 Å². The number of hydrogen-bond acceptors (Lipinski definition) is 5. The van der Waals surface area contributed by atoms with E-state index in [-0.39, 0.29) is 17.3 Å². The average molecular weight is 251 g/mol. The third kappa shape index (κ3) is 2.81. The minimum absolute atomic E-state index is 0.131. The fourth-order valence-corrected chi connectivity index (χ4v) is 2.61. The van der Waals surface area contributed by atoms with Crippen molar-refractivity contribution in [2.75, 3.05) is 17.6 Å². The summed E-state index contributed by atoms with van der Waals surface area (Å²) in [7, 11) is 0. The van der Waals surface area contributed by atoms with E-state index in [2.05, 4.69) is 15.3 Å². The molecule has 1 heterocycles. The summed E-state index contributed by atoms with van der Waals surface area (Å²) >= 11 is 0. The van der Waals surface area contributed by atoms with Crippen LogP contribution in [-0.4, -0.2) is 22.6 Å². The standard InChI is InChI=1S/C12H21N5O/c13-6-9(8-4-2-1-3-5-8)17-11-10(14)12(18)16-7-15-11/h7-9H,1-6,13-14H2,(H2,15,16,17,18). The fraction of sp³-hybridized carbons (Fsp3) is 0.667. The van der Waals surface area contributed by atoms with Crippen molar-refractivity contribution in [1.29, 1.82) is 0 Å². The zero-order valence-corrected chi connectivity index (χ0v) is 10.5. The Labute approximate surface area is 106 Å². The van der Waals surface area contributed by atoms with Crippen LogP contribution in [0.5, 0.6) is 0 Å². The molecule has 0 bridgehead atoms. The monoisotopic (exact) mass is 251 g/mol. The lowest BCUT2D eigenvalue weighted by Crippen LogP contribution is -2.38. The number of rotatable bonds is 4. The van der Waals surface area contributed by atoms with E-state index in [0.717, 1.165) is 0 Å². The Hall–Kier alpha value is -1.56. The van der Waals surface area contributed by atoms with Gasteiger partial charge in [-0.3, -0.25) is 4.79 Å². The quantitative estimate of drug-likeness (QED) is 0.628. The van der Waals surface area contributed by atoms with Crippen LogP contribution in [-0.2, 0) is 0 Å². The maximum Gasteiger partial charge on any atom is 0.276 e. The van der Waals surface area contributed by atoms with Gasteiger partial charge in [0.25, 0.3) is 5.56 Å². The second-order valence-electron chi connectivity index (χ2n) is 4.88. The van der Waals surface area contributed by atoms with Gasteiger partial charge in [-0.1, -0.05) is 19.3 Å². The van der Waals surface area contributed by atoms with Gasteiger partial charge in [0.05, 0.1) is 6.33 Å². The minimum atomic E-state index is -0.313. The molecule has 1 fully saturated rings. The van der Waals surface area contributed by atoms with Crippen molar-refractivity contribution in [3.63, 3.8) is 0 Å². The third-order valence-electron chi connectivity index (χ3n) is 3.68. The number of nitrogens with two attached hydrogens (primary N) is 2. The lowest BCUT2D eigenvalue weighted by Gasteiger charge is -2.30. The predicted octanol–water partition coefficient (Wildman–Crippen LogP) is 0.672. The highest BCUT2D eigenvalue weighted by molar-refractivity contribution is 5.59. The van der Waals surface area contributed by atoms with Crippen LogP contribution in [0.4, 0.5) is 11.5 Å². The first kappa shape index (κ1) is 12.9. The van der Waals surface area contributed by atoms with Gasteiger partial charge in [-0.2, -0.15) is 0 Å². The van der Waals surface area contributed by atoms with E-state index < -0.39 is 0 Å². The van der Waals surface area contributed by atoms with Gasteiger partial charge in [0.15, 0.2) is 5.82 Å². The van der Waals surface area contributed by atoms with Crippen molar-refractivity contribution in [2.45, 2.75) is 38.1 Å². The molecule has 1 atom stereocenters. The summed E-state index contributed by atoms with van der Waals surface area (Å²) in [5.74, 6) is 0.990. The summed E-state index contributed by atoms with van der Waals surface area (Å²) in [6.07, 6.45) is 7.52. The normalized spacial score (nSPS) is 18.5. The van der Waals surface area contributed by atoms with Gasteiger partial charge >= 0.3 is 0 Å². The van der Waals surface area contributed by atoms with Crippen LogP contribution in [0.3, 0.4) is 0 Å². The molecule has 1 aliphatic carbocycles. The summed E-state index contributed by atoms with van der Waals surface area (Å²) < 4.78 is 0. The van der Waals surface area contributed by atoms with Crippen molar-refractivity contribution in [2.24, 2.45) is 11.7 Å². The molecule has 6 N–H and O–H groups in total. The van der Waals surface area contributed by atoms with Gasteiger partial charge in [0.2, 0.25) is 0 Å². The van der Waals surface area contributed by atoms with Crippen molar-refractivity contribution in [3.8, 4) is 0 Å². The van der Waals surface area contributed by atoms with E-state index >= 15 is 0 Å². The number of aromatic amines is 1. The molecular weight excluding hydrogens is 230 g/mol. The van der Waals surface area contributed by atoms with E-state index in [1.165, 1.54) is 38.4 Å². The van der Waals surface area contributed by atoms with Gasteiger partial charge in [0, 0.05) is 12.6 Å². The molecule has 0 saturated heterocycles. The van der Waals surface area contributed by atoms with Crippen LogP contribution < -0.4 is 22.3 Å². The Morgan fingerprint density at radius 2 is 2.17 bits per heavy atom. The molecule has 0 aromatic carbocycles. The topological polar surface area (TPSA) is 110 Å². The molecular formula is C12H21N5O. The third-order valence-corrected chi connectivity index (χ3v) is 3.68. The molecule has 100 valence electrons. The Bertz CT molecular complexity index is 438. The number of H-pyrrole nitrogens is 1. The number of nitrogens with one attached hydrogen (secondary N) is 2. The first-order chi connectivity index (χ1) is 8.72. The molecule has 0 spiro atoms. The fourth-order valence-electron chi connectivity index (χ4n) is 2.61. The summed E-state index contributed by atoms with van der Waals surface area (Å²) in [6, 6.07) is 0.141. The molecule has 0 aliphatic heterocycles. The predicted molar refractivity (Wildman–Crippen MR) is 72.3 cm³/mol. The highest BCUT2D eigenvalue weighted by Crippen LogP contribution is 2.28. The molecule has 1 unspecified atom stereocenters. The van der Waals surface area contributed by atoms with Gasteiger partial charge in [-0.15, -0.1) is 0 Å². The van der Waals surface area contributed by atoms with Crippen LogP contribution in [0.15, 0.2) is 11.1 Å². The van der Waals surface area contributed by atoms with E-state index in [9.17, 15) is 4.79 Å². The molecule has 1 aliphatic rings. The Kier molecular flexibility index (Phi) is 4.19. The zero-order chi connectivity index (χ0) is 13.0. The largest absolute Gasteiger partial charge is 0.391 e. The Balaban J connectivity index is 2.09. The van der Waals surface area contributed by atoms with E-state index in [1.54, 1.807) is 0 Å². The van der Waals surface area contributed by atoms with Gasteiger partial charge < -0.3 is 21.8 Å². The second-order valence-corrected chi connectivity index (χ2v) is 4.88. The summed E-state index contributed by atoms with van der Waals surface area (Å²) in [5.41, 5.74) is 11.3. The highest BCUT2D eigenvalue weighted by atomic mass is 16.1. The van der Waals surface area contributed by atoms with Crippen LogP contribution in [0.2, 0.25) is 0 Å². The van der Waals surface area contributed by atoms with Crippen LogP contribution in [0, 0.1) is 5.92 Å². The smallest absolute Gasteiger partial charge is 0.276 e. The number of aromatic nitrogens is 2. The summed E-state index contributed by atoms with van der Waals surface area (Å²) in [4.78, 5) is 17.9.